The minimum Gasteiger partial charge on any atom is -0.481 e. The fourth-order valence-electron chi connectivity index (χ4n) is 2.60. The molecule has 1 N–H and O–H groups in total. The van der Waals surface area contributed by atoms with E-state index in [2.05, 4.69) is 0 Å². The summed E-state index contributed by atoms with van der Waals surface area (Å²) < 4.78 is 19.2. The predicted octanol–water partition coefficient (Wildman–Crippen LogP) is 3.08. The molecule has 3 nitrogen and oxygen atoms in total. The van der Waals surface area contributed by atoms with Gasteiger partial charge in [0.1, 0.15) is 11.4 Å². The number of benzene rings is 1. The lowest BCUT2D eigenvalue weighted by Crippen LogP contribution is -2.43. The van der Waals surface area contributed by atoms with E-state index in [4.69, 9.17) is 4.42 Å². The van der Waals surface area contributed by atoms with Gasteiger partial charge in [-0.2, -0.15) is 0 Å². The first-order chi connectivity index (χ1) is 8.15. The zero-order chi connectivity index (χ0) is 12.0. The van der Waals surface area contributed by atoms with E-state index in [1.807, 2.05) is 0 Å². The molecule has 4 heteroatoms. The molecule has 0 radical (unpaired) electrons. The minimum atomic E-state index is -1.06. The number of furan rings is 1. The van der Waals surface area contributed by atoms with Crippen LogP contribution >= 0.6 is 0 Å². The first-order valence-electron chi connectivity index (χ1n) is 5.55. The van der Waals surface area contributed by atoms with Crippen LogP contribution in [0.15, 0.2) is 28.9 Å². The second-order valence-electron chi connectivity index (χ2n) is 4.50. The molecule has 1 heterocycles. The largest absolute Gasteiger partial charge is 0.481 e. The molecule has 0 amide bonds. The zero-order valence-electron chi connectivity index (χ0n) is 9.07. The quantitative estimate of drug-likeness (QED) is 0.868. The standard InChI is InChI=1S/C13H11FO3/c14-9-2-3-10-8(4-7-17-10)11(9)13(12(15)16)5-1-6-13/h2-4,7H,1,5-6H2,(H,15,16). The number of aliphatic carboxylic acids is 1. The second-order valence-corrected chi connectivity index (χ2v) is 4.50. The van der Waals surface area contributed by atoms with Gasteiger partial charge < -0.3 is 9.52 Å². The highest BCUT2D eigenvalue weighted by atomic mass is 19.1. The van der Waals surface area contributed by atoms with Crippen molar-refractivity contribution in [3.8, 4) is 0 Å². The molecule has 0 aliphatic heterocycles. The number of hydrogen-bond donors (Lipinski definition) is 1. The minimum absolute atomic E-state index is 0.280. The maximum atomic E-state index is 14.0. The number of hydrogen-bond acceptors (Lipinski definition) is 2. The first kappa shape index (κ1) is 10.3. The molecule has 0 atom stereocenters. The smallest absolute Gasteiger partial charge is 0.314 e. The Bertz CT molecular complexity index is 596. The van der Waals surface area contributed by atoms with Gasteiger partial charge in [-0.1, -0.05) is 6.42 Å². The van der Waals surface area contributed by atoms with Crippen molar-refractivity contribution in [2.75, 3.05) is 0 Å². The molecule has 0 bridgehead atoms. The van der Waals surface area contributed by atoms with E-state index in [1.54, 1.807) is 6.07 Å². The van der Waals surface area contributed by atoms with Gasteiger partial charge in [-0.05, 0) is 31.0 Å². The Balaban J connectivity index is 2.32. The Hall–Kier alpha value is -1.84. The van der Waals surface area contributed by atoms with Crippen molar-refractivity contribution in [1.29, 1.82) is 0 Å². The van der Waals surface area contributed by atoms with Crippen molar-refractivity contribution in [3.05, 3.63) is 35.8 Å². The molecule has 2 aromatic rings. The molecule has 1 aromatic carbocycles. The Kier molecular flexibility index (Phi) is 2.02. The molecular formula is C13H11FO3. The summed E-state index contributed by atoms with van der Waals surface area (Å²) in [6.07, 6.45) is 3.26. The Morgan fingerprint density at radius 3 is 2.71 bits per heavy atom. The van der Waals surface area contributed by atoms with E-state index < -0.39 is 17.2 Å². The lowest BCUT2D eigenvalue weighted by atomic mass is 9.63. The number of carbonyl (C=O) groups is 1. The average Bonchev–Trinajstić information content (AvgIpc) is 2.67. The predicted molar refractivity (Wildman–Crippen MR) is 59.3 cm³/mol. The molecule has 88 valence electrons. The van der Waals surface area contributed by atoms with Crippen molar-refractivity contribution in [2.24, 2.45) is 0 Å². The third-order valence-electron chi connectivity index (χ3n) is 3.68. The van der Waals surface area contributed by atoms with Gasteiger partial charge >= 0.3 is 5.97 Å². The molecule has 1 saturated carbocycles. The van der Waals surface area contributed by atoms with Gasteiger partial charge in [-0.25, -0.2) is 4.39 Å². The van der Waals surface area contributed by atoms with E-state index >= 15 is 0 Å². The molecule has 0 saturated heterocycles. The summed E-state index contributed by atoms with van der Waals surface area (Å²) in [6.45, 7) is 0. The average molecular weight is 234 g/mol. The van der Waals surface area contributed by atoms with Crippen molar-refractivity contribution < 1.29 is 18.7 Å². The molecule has 0 unspecified atom stereocenters. The summed E-state index contributed by atoms with van der Waals surface area (Å²) in [7, 11) is 0. The Morgan fingerprint density at radius 1 is 1.35 bits per heavy atom. The van der Waals surface area contributed by atoms with Crippen LogP contribution in [0.5, 0.6) is 0 Å². The van der Waals surface area contributed by atoms with Crippen molar-refractivity contribution in [1.82, 2.24) is 0 Å². The zero-order valence-corrected chi connectivity index (χ0v) is 9.07. The fourth-order valence-corrected chi connectivity index (χ4v) is 2.60. The Labute approximate surface area is 96.8 Å². The second kappa shape index (κ2) is 3.32. The third kappa shape index (κ3) is 1.24. The van der Waals surface area contributed by atoms with E-state index in [1.165, 1.54) is 18.4 Å². The lowest BCUT2D eigenvalue weighted by molar-refractivity contribution is -0.147. The highest BCUT2D eigenvalue weighted by Crippen LogP contribution is 2.47. The molecular weight excluding hydrogens is 223 g/mol. The van der Waals surface area contributed by atoms with E-state index in [0.717, 1.165) is 6.42 Å². The summed E-state index contributed by atoms with van der Waals surface area (Å²) in [5.41, 5.74) is -0.246. The SMILES string of the molecule is O=C(O)C1(c2c(F)ccc3occc23)CCC1. The van der Waals surface area contributed by atoms with Crippen molar-refractivity contribution in [2.45, 2.75) is 24.7 Å². The number of carboxylic acid groups (broad SMARTS) is 1. The van der Waals surface area contributed by atoms with Gasteiger partial charge in [0.25, 0.3) is 0 Å². The van der Waals surface area contributed by atoms with Crippen LogP contribution in [-0.2, 0) is 10.2 Å². The number of carboxylic acids is 1. The molecule has 1 aromatic heterocycles. The molecule has 1 fully saturated rings. The van der Waals surface area contributed by atoms with E-state index in [0.29, 0.717) is 23.8 Å². The summed E-state index contributed by atoms with van der Waals surface area (Å²) in [6, 6.07) is 4.45. The first-order valence-corrected chi connectivity index (χ1v) is 5.55. The van der Waals surface area contributed by atoms with Gasteiger partial charge in [-0.15, -0.1) is 0 Å². The number of fused-ring (bicyclic) bond motifs is 1. The van der Waals surface area contributed by atoms with Crippen LogP contribution < -0.4 is 0 Å². The summed E-state index contributed by atoms with van der Waals surface area (Å²) >= 11 is 0. The van der Waals surface area contributed by atoms with E-state index in [-0.39, 0.29) is 5.56 Å². The van der Waals surface area contributed by atoms with Crippen LogP contribution in [0.3, 0.4) is 0 Å². The van der Waals surface area contributed by atoms with Crippen LogP contribution in [0, 0.1) is 5.82 Å². The van der Waals surface area contributed by atoms with Gasteiger partial charge in [-0.3, -0.25) is 4.79 Å². The molecule has 1 aliphatic rings. The topological polar surface area (TPSA) is 50.4 Å². The van der Waals surface area contributed by atoms with Crippen LogP contribution in [0.4, 0.5) is 4.39 Å². The highest BCUT2D eigenvalue weighted by molar-refractivity contribution is 5.91. The number of halogens is 1. The Morgan fingerprint density at radius 2 is 2.12 bits per heavy atom. The summed E-state index contributed by atoms with van der Waals surface area (Å²) in [5, 5.41) is 9.94. The van der Waals surface area contributed by atoms with Crippen LogP contribution in [0.2, 0.25) is 0 Å². The summed E-state index contributed by atoms with van der Waals surface area (Å²) in [4.78, 5) is 11.4. The van der Waals surface area contributed by atoms with Crippen LogP contribution in [0.25, 0.3) is 11.0 Å². The highest BCUT2D eigenvalue weighted by Gasteiger charge is 2.48. The van der Waals surface area contributed by atoms with E-state index in [9.17, 15) is 14.3 Å². The van der Waals surface area contributed by atoms with Crippen molar-refractivity contribution >= 4 is 16.9 Å². The molecule has 17 heavy (non-hydrogen) atoms. The lowest BCUT2D eigenvalue weighted by Gasteiger charge is -2.38. The fraction of sp³-hybridized carbons (Fsp3) is 0.308. The third-order valence-corrected chi connectivity index (χ3v) is 3.68. The molecule has 3 rings (SSSR count). The van der Waals surface area contributed by atoms with Gasteiger partial charge in [0.05, 0.1) is 11.7 Å². The summed E-state index contributed by atoms with van der Waals surface area (Å²) in [5.74, 6) is -1.41. The van der Waals surface area contributed by atoms with Crippen LogP contribution in [-0.4, -0.2) is 11.1 Å². The van der Waals surface area contributed by atoms with Gasteiger partial charge in [0.2, 0.25) is 0 Å². The molecule has 0 spiro atoms. The normalized spacial score (nSPS) is 17.9. The molecule has 1 aliphatic carbocycles. The maximum Gasteiger partial charge on any atom is 0.314 e. The van der Waals surface area contributed by atoms with Crippen molar-refractivity contribution in [3.63, 3.8) is 0 Å². The maximum absolute atomic E-state index is 14.0. The monoisotopic (exact) mass is 234 g/mol. The van der Waals surface area contributed by atoms with Crippen LogP contribution in [0.1, 0.15) is 24.8 Å². The van der Waals surface area contributed by atoms with Gasteiger partial charge in [0.15, 0.2) is 0 Å². The number of rotatable bonds is 2. The van der Waals surface area contributed by atoms with Gasteiger partial charge in [0, 0.05) is 10.9 Å².